The van der Waals surface area contributed by atoms with E-state index < -0.39 is 10.0 Å². The zero-order chi connectivity index (χ0) is 14.6. The van der Waals surface area contributed by atoms with Gasteiger partial charge in [0.25, 0.3) is 0 Å². The highest BCUT2D eigenvalue weighted by Crippen LogP contribution is 2.35. The Bertz CT molecular complexity index is 511. The molecule has 0 saturated carbocycles. The molecule has 0 saturated heterocycles. The van der Waals surface area contributed by atoms with Crippen molar-refractivity contribution in [3.05, 3.63) is 0 Å². The van der Waals surface area contributed by atoms with Gasteiger partial charge in [0.05, 0.1) is 0 Å². The van der Waals surface area contributed by atoms with Crippen LogP contribution in [0.5, 0.6) is 0 Å². The van der Waals surface area contributed by atoms with E-state index in [0.717, 1.165) is 37.5 Å². The number of nitrogens with two attached hydrogens (primary N) is 1. The van der Waals surface area contributed by atoms with E-state index in [2.05, 4.69) is 11.3 Å². The number of nitrogens with zero attached hydrogens (tertiary/aromatic N) is 3. The molecule has 0 unspecified atom stereocenters. The van der Waals surface area contributed by atoms with Crippen molar-refractivity contribution in [3.63, 3.8) is 0 Å². The lowest BCUT2D eigenvalue weighted by molar-refractivity contribution is 0.521. The van der Waals surface area contributed by atoms with E-state index in [4.69, 9.17) is 5.73 Å². The molecule has 1 aromatic rings. The van der Waals surface area contributed by atoms with Crippen molar-refractivity contribution in [3.8, 4) is 0 Å². The molecule has 0 aliphatic heterocycles. The Morgan fingerprint density at radius 2 is 1.95 bits per heavy atom. The summed E-state index contributed by atoms with van der Waals surface area (Å²) >= 11 is 1.15. The molecule has 0 aliphatic carbocycles. The standard InChI is InChI=1S/C11H22N4O2S2/c1-5-7-8-15(6-2)11-9(10(12)13-18-11)19(16,17)14(3)4/h5-8H2,1-4H3,(H2,12,13). The van der Waals surface area contributed by atoms with Gasteiger partial charge >= 0.3 is 0 Å². The van der Waals surface area contributed by atoms with Crippen LogP contribution >= 0.6 is 11.5 Å². The first-order valence-corrected chi connectivity index (χ1v) is 8.50. The molecule has 0 aromatic carbocycles. The molecule has 0 radical (unpaired) electrons. The second-order valence-corrected chi connectivity index (χ2v) is 7.26. The van der Waals surface area contributed by atoms with E-state index in [0.29, 0.717) is 5.00 Å². The van der Waals surface area contributed by atoms with E-state index in [1.807, 2.05) is 11.8 Å². The van der Waals surface area contributed by atoms with Gasteiger partial charge in [0, 0.05) is 27.2 Å². The van der Waals surface area contributed by atoms with Crippen molar-refractivity contribution >= 4 is 32.4 Å². The number of sulfonamides is 1. The summed E-state index contributed by atoms with van der Waals surface area (Å²) < 4.78 is 29.8. The molecule has 0 spiro atoms. The predicted molar refractivity (Wildman–Crippen MR) is 80.2 cm³/mol. The monoisotopic (exact) mass is 306 g/mol. The van der Waals surface area contributed by atoms with Crippen LogP contribution in [0.25, 0.3) is 0 Å². The summed E-state index contributed by atoms with van der Waals surface area (Å²) in [6.45, 7) is 5.64. The van der Waals surface area contributed by atoms with Gasteiger partial charge in [-0.05, 0) is 24.9 Å². The van der Waals surface area contributed by atoms with Crippen LogP contribution in [0.2, 0.25) is 0 Å². The van der Waals surface area contributed by atoms with E-state index in [9.17, 15) is 8.42 Å². The molecule has 0 bridgehead atoms. The third kappa shape index (κ3) is 3.37. The lowest BCUT2D eigenvalue weighted by Gasteiger charge is -2.22. The first-order chi connectivity index (χ1) is 8.86. The van der Waals surface area contributed by atoms with Gasteiger partial charge in [-0.25, -0.2) is 12.7 Å². The molecule has 0 amide bonds. The average Bonchev–Trinajstić information content (AvgIpc) is 2.72. The normalized spacial score (nSPS) is 12.1. The van der Waals surface area contributed by atoms with Crippen LogP contribution in [0.1, 0.15) is 26.7 Å². The van der Waals surface area contributed by atoms with Crippen LogP contribution in [0.4, 0.5) is 10.8 Å². The van der Waals surface area contributed by atoms with E-state index in [1.54, 1.807) is 0 Å². The lowest BCUT2D eigenvalue weighted by atomic mass is 10.3. The van der Waals surface area contributed by atoms with Gasteiger partial charge in [-0.15, -0.1) is 0 Å². The highest BCUT2D eigenvalue weighted by Gasteiger charge is 2.29. The number of aromatic nitrogens is 1. The predicted octanol–water partition coefficient (Wildman–Crippen LogP) is 1.60. The van der Waals surface area contributed by atoms with Gasteiger partial charge in [-0.1, -0.05) is 13.3 Å². The van der Waals surface area contributed by atoms with Crippen LogP contribution in [0.15, 0.2) is 4.90 Å². The Morgan fingerprint density at radius 1 is 1.32 bits per heavy atom. The second kappa shape index (κ2) is 6.53. The van der Waals surface area contributed by atoms with E-state index >= 15 is 0 Å². The molecule has 1 heterocycles. The van der Waals surface area contributed by atoms with Gasteiger partial charge < -0.3 is 10.6 Å². The van der Waals surface area contributed by atoms with E-state index in [-0.39, 0.29) is 10.7 Å². The smallest absolute Gasteiger partial charge is 0.249 e. The van der Waals surface area contributed by atoms with Crippen LogP contribution in [0.3, 0.4) is 0 Å². The summed E-state index contributed by atoms with van der Waals surface area (Å²) in [5.41, 5.74) is 5.75. The Hall–Kier alpha value is -0.860. The minimum absolute atomic E-state index is 0.0867. The van der Waals surface area contributed by atoms with Gasteiger partial charge in [0.1, 0.15) is 5.00 Å². The number of hydrogen-bond donors (Lipinski definition) is 1. The largest absolute Gasteiger partial charge is 0.382 e. The molecular formula is C11H22N4O2S2. The molecular weight excluding hydrogens is 284 g/mol. The molecule has 8 heteroatoms. The van der Waals surface area contributed by atoms with Crippen molar-refractivity contribution < 1.29 is 8.42 Å². The van der Waals surface area contributed by atoms with Crippen LogP contribution in [0, 0.1) is 0 Å². The molecule has 2 N–H and O–H groups in total. The highest BCUT2D eigenvalue weighted by molar-refractivity contribution is 7.89. The Kier molecular flexibility index (Phi) is 5.57. The fourth-order valence-electron chi connectivity index (χ4n) is 1.66. The van der Waals surface area contributed by atoms with Gasteiger partial charge in [-0.2, -0.15) is 4.37 Å². The fourth-order valence-corrected chi connectivity index (χ4v) is 3.97. The molecule has 0 atom stereocenters. The first-order valence-electron chi connectivity index (χ1n) is 6.28. The number of nitrogen functional groups attached to an aromatic ring is 1. The summed E-state index contributed by atoms with van der Waals surface area (Å²) in [4.78, 5) is 2.16. The average molecular weight is 306 g/mol. The number of anilines is 2. The van der Waals surface area contributed by atoms with Crippen molar-refractivity contribution in [1.29, 1.82) is 0 Å². The summed E-state index contributed by atoms with van der Waals surface area (Å²) in [7, 11) is -0.563. The van der Waals surface area contributed by atoms with E-state index in [1.165, 1.54) is 18.4 Å². The maximum Gasteiger partial charge on any atom is 0.249 e. The Morgan fingerprint density at radius 3 is 2.42 bits per heavy atom. The Labute approximate surface area is 119 Å². The third-order valence-electron chi connectivity index (χ3n) is 2.85. The highest BCUT2D eigenvalue weighted by atomic mass is 32.2. The maximum absolute atomic E-state index is 12.3. The minimum atomic E-state index is -3.56. The fraction of sp³-hybridized carbons (Fsp3) is 0.727. The van der Waals surface area contributed by atoms with Crippen LogP contribution < -0.4 is 10.6 Å². The first kappa shape index (κ1) is 16.2. The quantitative estimate of drug-likeness (QED) is 0.827. The zero-order valence-corrected chi connectivity index (χ0v) is 13.5. The number of rotatable bonds is 7. The third-order valence-corrected chi connectivity index (χ3v) is 5.78. The number of unbranched alkanes of at least 4 members (excludes halogenated alkanes) is 1. The molecule has 1 aromatic heterocycles. The summed E-state index contributed by atoms with van der Waals surface area (Å²) in [6.07, 6.45) is 2.06. The lowest BCUT2D eigenvalue weighted by Crippen LogP contribution is -2.28. The SMILES string of the molecule is CCCCN(CC)c1snc(N)c1S(=O)(=O)N(C)C. The minimum Gasteiger partial charge on any atom is -0.382 e. The molecule has 19 heavy (non-hydrogen) atoms. The van der Waals surface area contributed by atoms with Crippen LogP contribution in [-0.4, -0.2) is 44.3 Å². The summed E-state index contributed by atoms with van der Waals surface area (Å²) in [6, 6.07) is 0. The molecule has 0 fully saturated rings. The Balaban J connectivity index is 3.23. The summed E-state index contributed by atoms with van der Waals surface area (Å²) in [5.74, 6) is 0.0867. The van der Waals surface area contributed by atoms with Gasteiger partial charge in [0.15, 0.2) is 10.7 Å². The van der Waals surface area contributed by atoms with Gasteiger partial charge in [0.2, 0.25) is 10.0 Å². The summed E-state index contributed by atoms with van der Waals surface area (Å²) in [5, 5.41) is 0.641. The zero-order valence-electron chi connectivity index (χ0n) is 11.9. The molecule has 110 valence electrons. The second-order valence-electron chi connectivity index (χ2n) is 4.42. The molecule has 6 nitrogen and oxygen atoms in total. The topological polar surface area (TPSA) is 79.5 Å². The van der Waals surface area contributed by atoms with Crippen molar-refractivity contribution in [2.45, 2.75) is 31.6 Å². The number of hydrogen-bond acceptors (Lipinski definition) is 6. The van der Waals surface area contributed by atoms with Crippen molar-refractivity contribution in [2.75, 3.05) is 37.8 Å². The van der Waals surface area contributed by atoms with Crippen LogP contribution in [-0.2, 0) is 10.0 Å². The van der Waals surface area contributed by atoms with Crippen molar-refractivity contribution in [1.82, 2.24) is 8.68 Å². The maximum atomic E-state index is 12.3. The molecule has 1 rings (SSSR count). The molecule has 0 aliphatic rings. The van der Waals surface area contributed by atoms with Crippen molar-refractivity contribution in [2.24, 2.45) is 0 Å². The van der Waals surface area contributed by atoms with Gasteiger partial charge in [-0.3, -0.25) is 0 Å².